The first-order valence-electron chi connectivity index (χ1n) is 7.77. The van der Waals surface area contributed by atoms with Crippen molar-refractivity contribution in [2.24, 2.45) is 5.92 Å². The highest BCUT2D eigenvalue weighted by molar-refractivity contribution is 5.30. The van der Waals surface area contributed by atoms with Gasteiger partial charge in [-0.1, -0.05) is 32.0 Å². The zero-order chi connectivity index (χ0) is 14.9. The minimum Gasteiger partial charge on any atom is -0.316 e. The number of hydrogen-bond acceptors (Lipinski definition) is 3. The van der Waals surface area contributed by atoms with Gasteiger partial charge in [-0.15, -0.1) is 0 Å². The van der Waals surface area contributed by atoms with Gasteiger partial charge in [-0.2, -0.15) is 5.10 Å². The lowest BCUT2D eigenvalue weighted by atomic mass is 10.2. The van der Waals surface area contributed by atoms with Crippen LogP contribution in [0.2, 0.25) is 0 Å². The van der Waals surface area contributed by atoms with Crippen molar-refractivity contribution in [3.05, 3.63) is 48.3 Å². The fourth-order valence-corrected chi connectivity index (χ4v) is 2.13. The summed E-state index contributed by atoms with van der Waals surface area (Å²) in [4.78, 5) is 0. The van der Waals surface area contributed by atoms with E-state index in [1.807, 2.05) is 29.1 Å². The van der Waals surface area contributed by atoms with Crippen LogP contribution < -0.4 is 10.6 Å². The van der Waals surface area contributed by atoms with E-state index >= 15 is 0 Å². The molecule has 4 nitrogen and oxygen atoms in total. The molecule has 0 amide bonds. The van der Waals surface area contributed by atoms with E-state index in [0.717, 1.165) is 49.9 Å². The van der Waals surface area contributed by atoms with Crippen molar-refractivity contribution in [2.45, 2.75) is 26.8 Å². The van der Waals surface area contributed by atoms with Crippen molar-refractivity contribution < 1.29 is 0 Å². The van der Waals surface area contributed by atoms with Gasteiger partial charge in [0.15, 0.2) is 0 Å². The molecule has 2 aromatic rings. The molecule has 2 rings (SSSR count). The topological polar surface area (TPSA) is 41.9 Å². The second-order valence-corrected chi connectivity index (χ2v) is 5.72. The molecular weight excluding hydrogens is 260 g/mol. The number of para-hydroxylation sites is 1. The van der Waals surface area contributed by atoms with Crippen LogP contribution in [0.5, 0.6) is 0 Å². The zero-order valence-electron chi connectivity index (χ0n) is 13.0. The number of nitrogens with zero attached hydrogens (tertiary/aromatic N) is 2. The SMILES string of the molecule is CC(C)CNCCCNCc1ccn(-c2ccccc2)n1. The van der Waals surface area contributed by atoms with Crippen LogP contribution in [0.4, 0.5) is 0 Å². The van der Waals surface area contributed by atoms with E-state index in [0.29, 0.717) is 0 Å². The third kappa shape index (κ3) is 5.69. The van der Waals surface area contributed by atoms with Gasteiger partial charge in [-0.25, -0.2) is 4.68 Å². The Morgan fingerprint density at radius 2 is 1.81 bits per heavy atom. The number of aromatic nitrogens is 2. The van der Waals surface area contributed by atoms with Gasteiger partial charge in [-0.05, 0) is 50.2 Å². The second-order valence-electron chi connectivity index (χ2n) is 5.72. The van der Waals surface area contributed by atoms with Crippen LogP contribution in [-0.2, 0) is 6.54 Å². The predicted molar refractivity (Wildman–Crippen MR) is 87.6 cm³/mol. The standard InChI is InChI=1S/C17H26N4/c1-15(2)13-18-10-6-11-19-14-16-9-12-21(20-16)17-7-4-3-5-8-17/h3-5,7-9,12,15,18-19H,6,10-11,13-14H2,1-2H3. The molecular formula is C17H26N4. The third-order valence-corrected chi connectivity index (χ3v) is 3.23. The van der Waals surface area contributed by atoms with Crippen molar-refractivity contribution in [3.8, 4) is 5.69 Å². The van der Waals surface area contributed by atoms with Crippen molar-refractivity contribution in [1.29, 1.82) is 0 Å². The average Bonchev–Trinajstić information content (AvgIpc) is 2.96. The van der Waals surface area contributed by atoms with E-state index in [1.165, 1.54) is 0 Å². The maximum absolute atomic E-state index is 4.58. The van der Waals surface area contributed by atoms with Crippen LogP contribution >= 0.6 is 0 Å². The van der Waals surface area contributed by atoms with E-state index in [-0.39, 0.29) is 0 Å². The highest BCUT2D eigenvalue weighted by Crippen LogP contribution is 2.06. The Morgan fingerprint density at radius 1 is 1.05 bits per heavy atom. The fraction of sp³-hybridized carbons (Fsp3) is 0.471. The summed E-state index contributed by atoms with van der Waals surface area (Å²) in [6, 6.07) is 12.3. The van der Waals surface area contributed by atoms with Gasteiger partial charge in [0.1, 0.15) is 0 Å². The van der Waals surface area contributed by atoms with E-state index in [1.54, 1.807) is 0 Å². The van der Waals surface area contributed by atoms with Crippen LogP contribution in [0, 0.1) is 5.92 Å². The van der Waals surface area contributed by atoms with E-state index in [9.17, 15) is 0 Å². The molecule has 0 spiro atoms. The Morgan fingerprint density at radius 3 is 2.57 bits per heavy atom. The van der Waals surface area contributed by atoms with E-state index < -0.39 is 0 Å². The minimum atomic E-state index is 0.722. The van der Waals surface area contributed by atoms with Gasteiger partial charge in [0.2, 0.25) is 0 Å². The van der Waals surface area contributed by atoms with Crippen LogP contribution in [-0.4, -0.2) is 29.4 Å². The molecule has 1 heterocycles. The normalized spacial score (nSPS) is 11.2. The predicted octanol–water partition coefficient (Wildman–Crippen LogP) is 2.60. The van der Waals surface area contributed by atoms with Crippen LogP contribution in [0.25, 0.3) is 5.69 Å². The molecule has 0 aliphatic carbocycles. The Labute approximate surface area is 127 Å². The zero-order valence-corrected chi connectivity index (χ0v) is 13.0. The van der Waals surface area contributed by atoms with Gasteiger partial charge < -0.3 is 10.6 Å². The maximum Gasteiger partial charge on any atom is 0.0766 e. The molecule has 1 aromatic carbocycles. The summed E-state index contributed by atoms with van der Waals surface area (Å²) >= 11 is 0. The van der Waals surface area contributed by atoms with Gasteiger partial charge in [-0.3, -0.25) is 0 Å². The summed E-state index contributed by atoms with van der Waals surface area (Å²) in [6.07, 6.45) is 3.16. The molecule has 2 N–H and O–H groups in total. The highest BCUT2D eigenvalue weighted by Gasteiger charge is 2.00. The minimum absolute atomic E-state index is 0.722. The molecule has 0 saturated carbocycles. The fourth-order valence-electron chi connectivity index (χ4n) is 2.13. The average molecular weight is 286 g/mol. The smallest absolute Gasteiger partial charge is 0.0766 e. The van der Waals surface area contributed by atoms with Crippen LogP contribution in [0.15, 0.2) is 42.6 Å². The monoisotopic (exact) mass is 286 g/mol. The summed E-state index contributed by atoms with van der Waals surface area (Å²) in [5.41, 5.74) is 2.18. The molecule has 0 aliphatic rings. The quantitative estimate of drug-likeness (QED) is 0.696. The molecule has 21 heavy (non-hydrogen) atoms. The molecule has 0 aliphatic heterocycles. The molecule has 0 atom stereocenters. The number of benzene rings is 1. The van der Waals surface area contributed by atoms with Crippen LogP contribution in [0.3, 0.4) is 0 Å². The van der Waals surface area contributed by atoms with Crippen molar-refractivity contribution in [1.82, 2.24) is 20.4 Å². The van der Waals surface area contributed by atoms with E-state index in [2.05, 4.69) is 47.8 Å². The van der Waals surface area contributed by atoms with E-state index in [4.69, 9.17) is 0 Å². The Kier molecular flexibility index (Phi) is 6.44. The number of rotatable bonds is 9. The molecule has 114 valence electrons. The van der Waals surface area contributed by atoms with Gasteiger partial charge >= 0.3 is 0 Å². The first-order chi connectivity index (χ1) is 10.3. The Balaban J connectivity index is 1.65. The number of hydrogen-bond donors (Lipinski definition) is 2. The lowest BCUT2D eigenvalue weighted by Gasteiger charge is -2.07. The van der Waals surface area contributed by atoms with Crippen LogP contribution in [0.1, 0.15) is 26.0 Å². The van der Waals surface area contributed by atoms with Crippen molar-refractivity contribution >= 4 is 0 Å². The first kappa shape index (κ1) is 15.7. The van der Waals surface area contributed by atoms with Gasteiger partial charge in [0.05, 0.1) is 11.4 Å². The second kappa shape index (κ2) is 8.60. The summed E-state index contributed by atoms with van der Waals surface area (Å²) in [7, 11) is 0. The molecule has 4 heteroatoms. The Hall–Kier alpha value is -1.65. The summed E-state index contributed by atoms with van der Waals surface area (Å²) in [6.45, 7) is 8.47. The molecule has 0 bridgehead atoms. The first-order valence-corrected chi connectivity index (χ1v) is 7.77. The van der Waals surface area contributed by atoms with Crippen molar-refractivity contribution in [2.75, 3.05) is 19.6 Å². The van der Waals surface area contributed by atoms with Gasteiger partial charge in [0.25, 0.3) is 0 Å². The molecule has 0 radical (unpaired) electrons. The third-order valence-electron chi connectivity index (χ3n) is 3.23. The van der Waals surface area contributed by atoms with Gasteiger partial charge in [0, 0.05) is 12.7 Å². The molecule has 0 unspecified atom stereocenters. The molecule has 0 fully saturated rings. The largest absolute Gasteiger partial charge is 0.316 e. The summed E-state index contributed by atoms with van der Waals surface area (Å²) in [5, 5.41) is 11.5. The maximum atomic E-state index is 4.58. The lowest BCUT2D eigenvalue weighted by molar-refractivity contribution is 0.529. The molecule has 0 saturated heterocycles. The number of nitrogens with one attached hydrogen (secondary N) is 2. The summed E-state index contributed by atoms with van der Waals surface area (Å²) in [5.74, 6) is 0.722. The van der Waals surface area contributed by atoms with Crippen molar-refractivity contribution in [3.63, 3.8) is 0 Å². The Bertz CT molecular complexity index is 505. The molecule has 1 aromatic heterocycles. The summed E-state index contributed by atoms with van der Waals surface area (Å²) < 4.78 is 1.92. The lowest BCUT2D eigenvalue weighted by Crippen LogP contribution is -2.24. The highest BCUT2D eigenvalue weighted by atomic mass is 15.3.